The van der Waals surface area contributed by atoms with E-state index in [4.69, 9.17) is 4.74 Å². The normalized spacial score (nSPS) is 28.3. The molecule has 0 aromatic heterocycles. The zero-order valence-electron chi connectivity index (χ0n) is 8.67. The highest BCUT2D eigenvalue weighted by atomic mass is 16.5. The minimum absolute atomic E-state index is 0.0252. The van der Waals surface area contributed by atoms with Crippen molar-refractivity contribution in [2.45, 2.75) is 39.3 Å². The molecule has 1 fully saturated rings. The second-order valence-electron chi connectivity index (χ2n) is 4.16. The van der Waals surface area contributed by atoms with Gasteiger partial charge in [0.15, 0.2) is 0 Å². The molecule has 2 atom stereocenters. The molecule has 1 aliphatic heterocycles. The molecule has 0 saturated carbocycles. The Morgan fingerprint density at radius 2 is 2.31 bits per heavy atom. The van der Waals surface area contributed by atoms with Gasteiger partial charge in [-0.1, -0.05) is 13.8 Å². The van der Waals surface area contributed by atoms with Crippen LogP contribution in [-0.2, 0) is 9.53 Å². The number of carbonyl (C=O) groups is 1. The Bertz CT molecular complexity index is 180. The molecular formula is C10H19NO2. The van der Waals surface area contributed by atoms with Gasteiger partial charge < -0.3 is 10.1 Å². The topological polar surface area (TPSA) is 38.3 Å². The van der Waals surface area contributed by atoms with Crippen molar-refractivity contribution in [2.24, 2.45) is 5.92 Å². The minimum Gasteiger partial charge on any atom is -0.377 e. The first kappa shape index (κ1) is 10.7. The lowest BCUT2D eigenvalue weighted by Gasteiger charge is -2.12. The molecule has 0 bridgehead atoms. The predicted molar refractivity (Wildman–Crippen MR) is 51.7 cm³/mol. The number of ether oxygens (including phenoxy) is 1. The highest BCUT2D eigenvalue weighted by Crippen LogP contribution is 2.12. The highest BCUT2D eigenvalue weighted by Gasteiger charge is 2.27. The standard InChI is InChI=1S/C10H19NO2/c1-7(2)6-13-9-4-10(8(3)12)11-5-9/h7,9-11H,4-6H2,1-3H3. The molecule has 3 nitrogen and oxygen atoms in total. The molecule has 2 unspecified atom stereocenters. The van der Waals surface area contributed by atoms with E-state index >= 15 is 0 Å². The van der Waals surface area contributed by atoms with E-state index < -0.39 is 0 Å². The Morgan fingerprint density at radius 3 is 2.77 bits per heavy atom. The maximum atomic E-state index is 11.0. The Kier molecular flexibility index (Phi) is 3.88. The molecule has 0 aromatic carbocycles. The molecule has 1 rings (SSSR count). The minimum atomic E-state index is 0.0252. The predicted octanol–water partition coefficient (Wildman–Crippen LogP) is 0.978. The van der Waals surface area contributed by atoms with Crippen LogP contribution in [0.1, 0.15) is 27.2 Å². The Balaban J connectivity index is 2.21. The average Bonchev–Trinajstić information content (AvgIpc) is 2.48. The van der Waals surface area contributed by atoms with E-state index in [-0.39, 0.29) is 17.9 Å². The molecule has 13 heavy (non-hydrogen) atoms. The van der Waals surface area contributed by atoms with Gasteiger partial charge in [0.05, 0.1) is 12.1 Å². The smallest absolute Gasteiger partial charge is 0.146 e. The van der Waals surface area contributed by atoms with Crippen molar-refractivity contribution in [3.63, 3.8) is 0 Å². The molecule has 0 aliphatic carbocycles. The summed E-state index contributed by atoms with van der Waals surface area (Å²) < 4.78 is 5.63. The molecule has 1 N–H and O–H groups in total. The number of carbonyl (C=O) groups excluding carboxylic acids is 1. The number of Topliss-reactive ketones (excluding diaryl/α,β-unsaturated/α-hetero) is 1. The van der Waals surface area contributed by atoms with Crippen molar-refractivity contribution < 1.29 is 9.53 Å². The third-order valence-corrected chi connectivity index (χ3v) is 2.25. The van der Waals surface area contributed by atoms with Crippen molar-refractivity contribution in [1.82, 2.24) is 5.32 Å². The molecule has 1 heterocycles. The fraction of sp³-hybridized carbons (Fsp3) is 0.900. The van der Waals surface area contributed by atoms with Gasteiger partial charge in [-0.25, -0.2) is 0 Å². The summed E-state index contributed by atoms with van der Waals surface area (Å²) in [4.78, 5) is 11.0. The first-order chi connectivity index (χ1) is 6.09. The lowest BCUT2D eigenvalue weighted by molar-refractivity contribution is -0.118. The number of hydrogen-bond donors (Lipinski definition) is 1. The number of nitrogens with one attached hydrogen (secondary N) is 1. The lowest BCUT2D eigenvalue weighted by atomic mass is 10.1. The zero-order chi connectivity index (χ0) is 9.84. The summed E-state index contributed by atoms with van der Waals surface area (Å²) in [5.41, 5.74) is 0. The van der Waals surface area contributed by atoms with Gasteiger partial charge in [-0.15, -0.1) is 0 Å². The number of rotatable bonds is 4. The molecule has 0 aromatic rings. The summed E-state index contributed by atoms with van der Waals surface area (Å²) in [7, 11) is 0. The second kappa shape index (κ2) is 4.72. The van der Waals surface area contributed by atoms with E-state index in [0.717, 1.165) is 19.6 Å². The molecule has 0 radical (unpaired) electrons. The summed E-state index contributed by atoms with van der Waals surface area (Å²) >= 11 is 0. The highest BCUT2D eigenvalue weighted by molar-refractivity contribution is 5.81. The molecule has 0 amide bonds. The summed E-state index contributed by atoms with van der Waals surface area (Å²) in [6.07, 6.45) is 1.07. The quantitative estimate of drug-likeness (QED) is 0.709. The molecule has 1 saturated heterocycles. The van der Waals surface area contributed by atoms with Crippen LogP contribution in [0, 0.1) is 5.92 Å². The van der Waals surface area contributed by atoms with E-state index in [1.807, 2.05) is 0 Å². The van der Waals surface area contributed by atoms with Gasteiger partial charge in [-0.2, -0.15) is 0 Å². The lowest BCUT2D eigenvalue weighted by Crippen LogP contribution is -2.28. The third-order valence-electron chi connectivity index (χ3n) is 2.25. The van der Waals surface area contributed by atoms with Gasteiger partial charge in [-0.3, -0.25) is 4.79 Å². The average molecular weight is 185 g/mol. The van der Waals surface area contributed by atoms with Crippen LogP contribution in [0.3, 0.4) is 0 Å². The van der Waals surface area contributed by atoms with E-state index in [9.17, 15) is 4.79 Å². The van der Waals surface area contributed by atoms with Crippen LogP contribution >= 0.6 is 0 Å². The maximum Gasteiger partial charge on any atom is 0.146 e. The van der Waals surface area contributed by atoms with Gasteiger partial charge in [0.1, 0.15) is 5.78 Å². The second-order valence-corrected chi connectivity index (χ2v) is 4.16. The van der Waals surface area contributed by atoms with Gasteiger partial charge in [0.2, 0.25) is 0 Å². The first-order valence-electron chi connectivity index (χ1n) is 4.95. The number of hydrogen-bond acceptors (Lipinski definition) is 3. The van der Waals surface area contributed by atoms with Crippen LogP contribution in [0.4, 0.5) is 0 Å². The van der Waals surface area contributed by atoms with E-state index in [2.05, 4.69) is 19.2 Å². The van der Waals surface area contributed by atoms with Crippen molar-refractivity contribution in [2.75, 3.05) is 13.2 Å². The molecule has 0 spiro atoms. The van der Waals surface area contributed by atoms with E-state index in [1.165, 1.54) is 0 Å². The zero-order valence-corrected chi connectivity index (χ0v) is 8.67. The van der Waals surface area contributed by atoms with Gasteiger partial charge >= 0.3 is 0 Å². The van der Waals surface area contributed by atoms with E-state index in [1.54, 1.807) is 6.92 Å². The summed E-state index contributed by atoms with van der Waals surface area (Å²) in [6, 6.07) is 0.0252. The first-order valence-corrected chi connectivity index (χ1v) is 4.95. The summed E-state index contributed by atoms with van der Waals surface area (Å²) in [5, 5.41) is 3.16. The monoisotopic (exact) mass is 185 g/mol. The van der Waals surface area contributed by atoms with E-state index in [0.29, 0.717) is 5.92 Å². The third kappa shape index (κ3) is 3.44. The number of ketones is 1. The van der Waals surface area contributed by atoms with Crippen LogP contribution in [-0.4, -0.2) is 31.1 Å². The molecule has 76 valence electrons. The van der Waals surface area contributed by atoms with Gasteiger partial charge in [0.25, 0.3) is 0 Å². The van der Waals surface area contributed by atoms with Crippen molar-refractivity contribution in [3.8, 4) is 0 Å². The van der Waals surface area contributed by atoms with Crippen LogP contribution in [0.15, 0.2) is 0 Å². The maximum absolute atomic E-state index is 11.0. The van der Waals surface area contributed by atoms with Gasteiger partial charge in [0, 0.05) is 13.2 Å². The van der Waals surface area contributed by atoms with Crippen LogP contribution in [0.2, 0.25) is 0 Å². The van der Waals surface area contributed by atoms with Crippen molar-refractivity contribution in [1.29, 1.82) is 0 Å². The largest absolute Gasteiger partial charge is 0.377 e. The molecule has 1 aliphatic rings. The Hall–Kier alpha value is -0.410. The fourth-order valence-corrected chi connectivity index (χ4v) is 1.47. The van der Waals surface area contributed by atoms with Crippen LogP contribution < -0.4 is 5.32 Å². The van der Waals surface area contributed by atoms with Crippen LogP contribution in [0.5, 0.6) is 0 Å². The molecular weight excluding hydrogens is 166 g/mol. The van der Waals surface area contributed by atoms with Crippen molar-refractivity contribution >= 4 is 5.78 Å². The fourth-order valence-electron chi connectivity index (χ4n) is 1.47. The van der Waals surface area contributed by atoms with Crippen molar-refractivity contribution in [3.05, 3.63) is 0 Å². The summed E-state index contributed by atoms with van der Waals surface area (Å²) in [6.45, 7) is 7.49. The Morgan fingerprint density at radius 1 is 1.62 bits per heavy atom. The van der Waals surface area contributed by atoms with Gasteiger partial charge in [-0.05, 0) is 19.3 Å². The molecule has 3 heteroatoms. The van der Waals surface area contributed by atoms with Crippen LogP contribution in [0.25, 0.3) is 0 Å². The summed E-state index contributed by atoms with van der Waals surface area (Å²) in [5.74, 6) is 0.784. The SMILES string of the molecule is CC(=O)C1CC(OCC(C)C)CN1. The Labute approximate surface area is 79.8 Å².